The minimum Gasteiger partial charge on any atom is -0.371 e. The van der Waals surface area contributed by atoms with Gasteiger partial charge in [-0.25, -0.2) is 0 Å². The highest BCUT2D eigenvalue weighted by Gasteiger charge is 2.23. The van der Waals surface area contributed by atoms with E-state index in [-0.39, 0.29) is 24.2 Å². The molecule has 1 aromatic rings. The third-order valence-electron chi connectivity index (χ3n) is 2.54. The zero-order valence-corrected chi connectivity index (χ0v) is 11.1. The Labute approximate surface area is 112 Å². The highest BCUT2D eigenvalue weighted by Crippen LogP contribution is 2.27. The number of anilines is 1. The highest BCUT2D eigenvalue weighted by molar-refractivity contribution is 9.10. The Morgan fingerprint density at radius 1 is 1.50 bits per heavy atom. The van der Waals surface area contributed by atoms with Gasteiger partial charge in [-0.2, -0.15) is 0 Å². The Hall–Kier alpha value is -1.63. The van der Waals surface area contributed by atoms with Crippen LogP contribution >= 0.6 is 15.9 Å². The van der Waals surface area contributed by atoms with Crippen molar-refractivity contribution in [1.82, 2.24) is 5.32 Å². The van der Waals surface area contributed by atoms with E-state index in [0.717, 1.165) is 17.3 Å². The molecule has 0 heterocycles. The van der Waals surface area contributed by atoms with Gasteiger partial charge in [0, 0.05) is 16.6 Å². The summed E-state index contributed by atoms with van der Waals surface area (Å²) in [7, 11) is 0. The van der Waals surface area contributed by atoms with Crippen molar-refractivity contribution in [2.24, 2.45) is 0 Å². The molecule has 6 nitrogen and oxygen atoms in total. The summed E-state index contributed by atoms with van der Waals surface area (Å²) in [6.45, 7) is 0.0355. The summed E-state index contributed by atoms with van der Waals surface area (Å²) >= 11 is 3.24. The van der Waals surface area contributed by atoms with E-state index in [9.17, 15) is 14.9 Å². The number of amides is 1. The van der Waals surface area contributed by atoms with Crippen molar-refractivity contribution in [3.63, 3.8) is 0 Å². The van der Waals surface area contributed by atoms with Gasteiger partial charge in [0.1, 0.15) is 5.69 Å². The van der Waals surface area contributed by atoms with Gasteiger partial charge in [-0.3, -0.25) is 14.9 Å². The number of nitro benzene ring substituents is 1. The maximum atomic E-state index is 11.5. The van der Waals surface area contributed by atoms with Crippen LogP contribution in [0.4, 0.5) is 11.4 Å². The summed E-state index contributed by atoms with van der Waals surface area (Å²) in [5, 5.41) is 16.4. The number of hydrogen-bond donors (Lipinski definition) is 2. The average molecular weight is 314 g/mol. The Bertz CT molecular complexity index is 488. The summed E-state index contributed by atoms with van der Waals surface area (Å²) in [6, 6.07) is 4.86. The molecule has 96 valence electrons. The molecule has 1 aliphatic rings. The third kappa shape index (κ3) is 3.43. The van der Waals surface area contributed by atoms with E-state index in [1.165, 1.54) is 6.07 Å². The quantitative estimate of drug-likeness (QED) is 0.643. The van der Waals surface area contributed by atoms with Crippen LogP contribution in [0.5, 0.6) is 0 Å². The molecule has 1 aliphatic carbocycles. The summed E-state index contributed by atoms with van der Waals surface area (Å²) in [6.07, 6.45) is 2.03. The van der Waals surface area contributed by atoms with E-state index in [0.29, 0.717) is 5.69 Å². The third-order valence-corrected chi connectivity index (χ3v) is 3.03. The van der Waals surface area contributed by atoms with Gasteiger partial charge in [0.2, 0.25) is 5.91 Å². The lowest BCUT2D eigenvalue weighted by molar-refractivity contribution is -0.384. The van der Waals surface area contributed by atoms with Crippen LogP contribution in [0.3, 0.4) is 0 Å². The lowest BCUT2D eigenvalue weighted by Gasteiger charge is -2.07. The predicted octanol–water partition coefficient (Wildman–Crippen LogP) is 2.05. The van der Waals surface area contributed by atoms with Crippen LogP contribution in [0.25, 0.3) is 0 Å². The summed E-state index contributed by atoms with van der Waals surface area (Å²) < 4.78 is 0.721. The molecule has 0 bridgehead atoms. The number of hydrogen-bond acceptors (Lipinski definition) is 4. The molecular weight excluding hydrogens is 302 g/mol. The lowest BCUT2D eigenvalue weighted by Crippen LogP contribution is -2.31. The van der Waals surface area contributed by atoms with Gasteiger partial charge in [-0.1, -0.05) is 15.9 Å². The van der Waals surface area contributed by atoms with Crippen LogP contribution in [0.15, 0.2) is 22.7 Å². The maximum Gasteiger partial charge on any atom is 0.292 e. The molecule has 0 aliphatic heterocycles. The number of nitrogens with one attached hydrogen (secondary N) is 2. The smallest absolute Gasteiger partial charge is 0.292 e. The van der Waals surface area contributed by atoms with Gasteiger partial charge in [-0.05, 0) is 25.0 Å². The Morgan fingerprint density at radius 2 is 2.22 bits per heavy atom. The van der Waals surface area contributed by atoms with E-state index >= 15 is 0 Å². The monoisotopic (exact) mass is 313 g/mol. The molecule has 1 fully saturated rings. The van der Waals surface area contributed by atoms with Crippen molar-refractivity contribution in [1.29, 1.82) is 0 Å². The van der Waals surface area contributed by atoms with Crippen molar-refractivity contribution < 1.29 is 9.72 Å². The number of nitro groups is 1. The standard InChI is InChI=1S/C11H12BrN3O3/c12-7-1-4-10(15(17)18)9(5-7)13-6-11(16)14-8-2-3-8/h1,4-5,8,13H,2-3,6H2,(H,14,16). The second-order valence-corrected chi connectivity index (χ2v) is 5.03. The molecule has 0 saturated heterocycles. The van der Waals surface area contributed by atoms with Gasteiger partial charge in [-0.15, -0.1) is 0 Å². The molecule has 0 aromatic heterocycles. The topological polar surface area (TPSA) is 84.3 Å². The Morgan fingerprint density at radius 3 is 2.83 bits per heavy atom. The van der Waals surface area contributed by atoms with Gasteiger partial charge < -0.3 is 10.6 Å². The normalized spacial score (nSPS) is 14.1. The first-order valence-corrected chi connectivity index (χ1v) is 6.33. The van der Waals surface area contributed by atoms with Crippen LogP contribution < -0.4 is 10.6 Å². The van der Waals surface area contributed by atoms with E-state index in [4.69, 9.17) is 0 Å². The largest absolute Gasteiger partial charge is 0.371 e. The average Bonchev–Trinajstić information content (AvgIpc) is 3.10. The minimum absolute atomic E-state index is 0.0355. The van der Waals surface area contributed by atoms with Crippen molar-refractivity contribution in [3.8, 4) is 0 Å². The summed E-state index contributed by atoms with van der Waals surface area (Å²) in [5.41, 5.74) is 0.290. The van der Waals surface area contributed by atoms with Gasteiger partial charge >= 0.3 is 0 Å². The maximum absolute atomic E-state index is 11.5. The molecule has 18 heavy (non-hydrogen) atoms. The molecular formula is C11H12BrN3O3. The minimum atomic E-state index is -0.479. The fraction of sp³-hybridized carbons (Fsp3) is 0.364. The first-order valence-electron chi connectivity index (χ1n) is 5.53. The van der Waals surface area contributed by atoms with Crippen molar-refractivity contribution in [2.45, 2.75) is 18.9 Å². The molecule has 0 radical (unpaired) electrons. The van der Waals surface area contributed by atoms with Crippen LogP contribution in [-0.4, -0.2) is 23.4 Å². The number of halogens is 1. The van der Waals surface area contributed by atoms with E-state index in [1.54, 1.807) is 12.1 Å². The fourth-order valence-electron chi connectivity index (χ4n) is 1.49. The Balaban J connectivity index is 2.00. The number of carbonyl (C=O) groups is 1. The second kappa shape index (κ2) is 5.34. The molecule has 1 saturated carbocycles. The lowest BCUT2D eigenvalue weighted by atomic mass is 10.2. The zero-order valence-electron chi connectivity index (χ0n) is 9.48. The molecule has 2 rings (SSSR count). The predicted molar refractivity (Wildman–Crippen MR) is 70.5 cm³/mol. The van der Waals surface area contributed by atoms with Crippen LogP contribution in [0.2, 0.25) is 0 Å². The molecule has 1 aromatic carbocycles. The first kappa shape index (κ1) is 12.8. The number of nitrogens with zero attached hydrogens (tertiary/aromatic N) is 1. The molecule has 0 spiro atoms. The number of carbonyl (C=O) groups excluding carboxylic acids is 1. The zero-order chi connectivity index (χ0) is 13.1. The summed E-state index contributed by atoms with van der Waals surface area (Å²) in [4.78, 5) is 21.8. The van der Waals surface area contributed by atoms with Crippen molar-refractivity contribution in [3.05, 3.63) is 32.8 Å². The van der Waals surface area contributed by atoms with E-state index < -0.39 is 4.92 Å². The SMILES string of the molecule is O=C(CNc1cc(Br)ccc1[N+](=O)[O-])NC1CC1. The molecule has 0 unspecified atom stereocenters. The van der Waals surface area contributed by atoms with Gasteiger partial charge in [0.25, 0.3) is 5.69 Å². The van der Waals surface area contributed by atoms with Crippen LogP contribution in [0.1, 0.15) is 12.8 Å². The van der Waals surface area contributed by atoms with Gasteiger partial charge in [0.15, 0.2) is 0 Å². The van der Waals surface area contributed by atoms with E-state index in [1.807, 2.05) is 0 Å². The van der Waals surface area contributed by atoms with Crippen molar-refractivity contribution in [2.75, 3.05) is 11.9 Å². The van der Waals surface area contributed by atoms with Crippen LogP contribution in [0, 0.1) is 10.1 Å². The molecule has 7 heteroatoms. The van der Waals surface area contributed by atoms with E-state index in [2.05, 4.69) is 26.6 Å². The number of rotatable bonds is 5. The highest BCUT2D eigenvalue weighted by atomic mass is 79.9. The second-order valence-electron chi connectivity index (χ2n) is 4.11. The molecule has 0 atom stereocenters. The Kier molecular flexibility index (Phi) is 3.81. The molecule has 2 N–H and O–H groups in total. The van der Waals surface area contributed by atoms with Crippen LogP contribution in [-0.2, 0) is 4.79 Å². The number of benzene rings is 1. The fourth-order valence-corrected chi connectivity index (χ4v) is 1.85. The van der Waals surface area contributed by atoms with Crippen molar-refractivity contribution >= 4 is 33.2 Å². The summed E-state index contributed by atoms with van der Waals surface area (Å²) in [5.74, 6) is -0.147. The molecule has 1 amide bonds. The first-order chi connectivity index (χ1) is 8.56. The van der Waals surface area contributed by atoms with Gasteiger partial charge in [0.05, 0.1) is 11.5 Å².